The summed E-state index contributed by atoms with van der Waals surface area (Å²) in [5.41, 5.74) is 0.995. The largest absolute Gasteiger partial charge is 0.416 e. The second kappa shape index (κ2) is 11.6. The van der Waals surface area contributed by atoms with Crippen LogP contribution >= 0.6 is 35.3 Å². The first kappa shape index (κ1) is 25.5. The zero-order chi connectivity index (χ0) is 20.7. The van der Waals surface area contributed by atoms with Crippen molar-refractivity contribution in [2.45, 2.75) is 32.0 Å². The van der Waals surface area contributed by atoms with Crippen LogP contribution in [0.5, 0.6) is 0 Å². The molecule has 0 aliphatic carbocycles. The topological polar surface area (TPSA) is 52.6 Å². The molecule has 1 atom stereocenters. The Balaban J connectivity index is 0.00000420. The molecule has 1 unspecified atom stereocenters. The van der Waals surface area contributed by atoms with Crippen molar-refractivity contribution < 1.29 is 13.2 Å². The highest BCUT2D eigenvalue weighted by Gasteiger charge is 2.30. The highest BCUT2D eigenvalue weighted by Crippen LogP contribution is 2.31. The third kappa shape index (κ3) is 8.00. The van der Waals surface area contributed by atoms with Crippen molar-refractivity contribution in [1.29, 1.82) is 0 Å². The number of nitrogens with one attached hydrogen (secondary N) is 2. The average molecular weight is 541 g/mol. The number of guanidine groups is 1. The minimum absolute atomic E-state index is 0. The molecule has 1 aromatic heterocycles. The number of nitrogens with zero attached hydrogens (tertiary/aromatic N) is 3. The van der Waals surface area contributed by atoms with E-state index in [4.69, 9.17) is 0 Å². The third-order valence-electron chi connectivity index (χ3n) is 4.24. The van der Waals surface area contributed by atoms with E-state index >= 15 is 0 Å². The summed E-state index contributed by atoms with van der Waals surface area (Å²) in [6.45, 7) is 3.07. The van der Waals surface area contributed by atoms with Gasteiger partial charge < -0.3 is 15.5 Å². The normalized spacial score (nSPS) is 12.9. The lowest BCUT2D eigenvalue weighted by atomic mass is 9.96. The molecule has 2 N–H and O–H groups in total. The molecule has 0 radical (unpaired) electrons. The fourth-order valence-electron chi connectivity index (χ4n) is 2.57. The van der Waals surface area contributed by atoms with Gasteiger partial charge in [0.25, 0.3) is 0 Å². The molecule has 0 aliphatic rings. The quantitative estimate of drug-likeness (QED) is 0.303. The molecule has 5 nitrogen and oxygen atoms in total. The monoisotopic (exact) mass is 541 g/mol. The number of hydrogen-bond donors (Lipinski definition) is 2. The Bertz CT molecular complexity index is 792. The predicted molar refractivity (Wildman–Crippen MR) is 125 cm³/mol. The van der Waals surface area contributed by atoms with Gasteiger partial charge >= 0.3 is 6.18 Å². The molecule has 2 aromatic rings. The van der Waals surface area contributed by atoms with Gasteiger partial charge in [-0.2, -0.15) is 13.2 Å². The van der Waals surface area contributed by atoms with E-state index in [1.165, 1.54) is 12.1 Å². The standard InChI is InChI=1S/C19H26F3N5S.HI/c1-13(14-6-5-7-15(10-14)19(20,21)22)8-9-24-17(23-2)25-11-16-12-28-18(26-16)27(3)4;/h5-7,10,12-13H,8-9,11H2,1-4H3,(H2,23,24,25);1H. The number of thiazole rings is 1. The third-order valence-corrected chi connectivity index (χ3v) is 5.29. The second-order valence-corrected chi connectivity index (χ2v) is 7.52. The summed E-state index contributed by atoms with van der Waals surface area (Å²) in [5.74, 6) is 0.629. The van der Waals surface area contributed by atoms with Crippen molar-refractivity contribution in [3.63, 3.8) is 0 Å². The van der Waals surface area contributed by atoms with Crippen molar-refractivity contribution in [3.8, 4) is 0 Å². The van der Waals surface area contributed by atoms with E-state index in [9.17, 15) is 13.2 Å². The van der Waals surface area contributed by atoms with E-state index in [0.29, 0.717) is 31.0 Å². The van der Waals surface area contributed by atoms with Crippen LogP contribution in [0.25, 0.3) is 0 Å². The van der Waals surface area contributed by atoms with Crippen molar-refractivity contribution in [3.05, 3.63) is 46.5 Å². The average Bonchev–Trinajstić information content (AvgIpc) is 3.13. The lowest BCUT2D eigenvalue weighted by Gasteiger charge is -2.16. The minimum Gasteiger partial charge on any atom is -0.356 e. The van der Waals surface area contributed by atoms with Crippen molar-refractivity contribution in [2.24, 2.45) is 4.99 Å². The van der Waals surface area contributed by atoms with Crippen LogP contribution in [0, 0.1) is 0 Å². The first-order valence-electron chi connectivity index (χ1n) is 8.94. The van der Waals surface area contributed by atoms with Gasteiger partial charge in [0.15, 0.2) is 11.1 Å². The molecule has 29 heavy (non-hydrogen) atoms. The lowest BCUT2D eigenvalue weighted by Crippen LogP contribution is -2.37. The Morgan fingerprint density at radius 1 is 1.28 bits per heavy atom. The molecule has 1 aromatic carbocycles. The lowest BCUT2D eigenvalue weighted by molar-refractivity contribution is -0.137. The Morgan fingerprint density at radius 3 is 2.59 bits per heavy atom. The highest BCUT2D eigenvalue weighted by molar-refractivity contribution is 14.0. The molecule has 0 saturated heterocycles. The number of rotatable bonds is 7. The summed E-state index contributed by atoms with van der Waals surface area (Å²) in [4.78, 5) is 10.6. The fourth-order valence-corrected chi connectivity index (χ4v) is 3.33. The molecule has 10 heteroatoms. The van der Waals surface area contributed by atoms with Crippen molar-refractivity contribution in [2.75, 3.05) is 32.6 Å². The number of halogens is 4. The predicted octanol–water partition coefficient (Wildman–Crippen LogP) is 4.70. The van der Waals surface area contributed by atoms with Crippen LogP contribution in [0.4, 0.5) is 18.3 Å². The number of aromatic nitrogens is 1. The molecule has 0 fully saturated rings. The number of benzene rings is 1. The Kier molecular flexibility index (Phi) is 10.2. The number of aliphatic imine (C=N–C) groups is 1. The molecular weight excluding hydrogens is 514 g/mol. The molecule has 0 aliphatic heterocycles. The number of hydrogen-bond acceptors (Lipinski definition) is 4. The van der Waals surface area contributed by atoms with Crippen LogP contribution in [0.1, 0.15) is 36.1 Å². The van der Waals surface area contributed by atoms with Gasteiger partial charge in [0.2, 0.25) is 0 Å². The van der Waals surface area contributed by atoms with Gasteiger partial charge in [-0.05, 0) is 24.0 Å². The molecule has 0 saturated carbocycles. The molecule has 0 bridgehead atoms. The number of alkyl halides is 3. The summed E-state index contributed by atoms with van der Waals surface area (Å²) in [7, 11) is 5.57. The summed E-state index contributed by atoms with van der Waals surface area (Å²) in [5, 5.41) is 9.32. The second-order valence-electron chi connectivity index (χ2n) is 6.68. The van der Waals surface area contributed by atoms with Gasteiger partial charge in [-0.15, -0.1) is 35.3 Å². The molecule has 0 amide bonds. The van der Waals surface area contributed by atoms with Crippen molar-refractivity contribution in [1.82, 2.24) is 15.6 Å². The van der Waals surface area contributed by atoms with Crippen molar-refractivity contribution >= 4 is 46.4 Å². The maximum absolute atomic E-state index is 12.9. The van der Waals surface area contributed by atoms with Gasteiger partial charge in [-0.1, -0.05) is 25.1 Å². The summed E-state index contributed by atoms with van der Waals surface area (Å²) in [6.07, 6.45) is -3.63. The van der Waals surface area contributed by atoms with Crippen LogP contribution in [-0.4, -0.2) is 38.6 Å². The fraction of sp³-hybridized carbons (Fsp3) is 0.474. The van der Waals surface area contributed by atoms with E-state index in [1.807, 2.05) is 31.3 Å². The Morgan fingerprint density at radius 2 is 2.00 bits per heavy atom. The van der Waals surface area contributed by atoms with Gasteiger partial charge in [-0.3, -0.25) is 4.99 Å². The molecular formula is C19H27F3IN5S. The van der Waals surface area contributed by atoms with Gasteiger partial charge in [0.1, 0.15) is 0 Å². The molecule has 162 valence electrons. The van der Waals surface area contributed by atoms with Crippen LogP contribution < -0.4 is 15.5 Å². The number of anilines is 1. The maximum Gasteiger partial charge on any atom is 0.416 e. The first-order chi connectivity index (χ1) is 13.2. The summed E-state index contributed by atoms with van der Waals surface area (Å²) < 4.78 is 38.6. The van der Waals surface area contributed by atoms with E-state index in [-0.39, 0.29) is 29.9 Å². The Hall–Kier alpha value is -1.56. The summed E-state index contributed by atoms with van der Waals surface area (Å²) >= 11 is 1.57. The van der Waals surface area contributed by atoms with E-state index < -0.39 is 11.7 Å². The minimum atomic E-state index is -4.32. The summed E-state index contributed by atoms with van der Waals surface area (Å²) in [6, 6.07) is 5.51. The molecule has 1 heterocycles. The first-order valence-corrected chi connectivity index (χ1v) is 9.82. The van der Waals surface area contributed by atoms with Crippen LogP contribution in [0.2, 0.25) is 0 Å². The van der Waals surface area contributed by atoms with Crippen LogP contribution in [0.3, 0.4) is 0 Å². The van der Waals surface area contributed by atoms with E-state index in [0.717, 1.165) is 16.9 Å². The van der Waals surface area contributed by atoms with Gasteiger partial charge in [0, 0.05) is 33.1 Å². The zero-order valence-corrected chi connectivity index (χ0v) is 20.0. The van der Waals surface area contributed by atoms with E-state index in [2.05, 4.69) is 20.6 Å². The molecule has 0 spiro atoms. The maximum atomic E-state index is 12.9. The highest BCUT2D eigenvalue weighted by atomic mass is 127. The van der Waals surface area contributed by atoms with Gasteiger partial charge in [-0.25, -0.2) is 4.98 Å². The van der Waals surface area contributed by atoms with Gasteiger partial charge in [0.05, 0.1) is 17.8 Å². The SMILES string of the molecule is CN=C(NCCC(C)c1cccc(C(F)(F)F)c1)NCc1csc(N(C)C)n1.I. The van der Waals surface area contributed by atoms with Crippen LogP contribution in [-0.2, 0) is 12.7 Å². The zero-order valence-electron chi connectivity index (χ0n) is 16.9. The Labute approximate surface area is 190 Å². The smallest absolute Gasteiger partial charge is 0.356 e. The van der Waals surface area contributed by atoms with E-state index in [1.54, 1.807) is 24.5 Å². The van der Waals surface area contributed by atoms with Crippen LogP contribution in [0.15, 0.2) is 34.6 Å². The molecule has 2 rings (SSSR count).